The molecule has 2 aromatic rings. The molecule has 1 unspecified atom stereocenters. The van der Waals surface area contributed by atoms with Gasteiger partial charge in [0.25, 0.3) is 0 Å². The summed E-state index contributed by atoms with van der Waals surface area (Å²) in [5, 5.41) is 2.98. The minimum atomic E-state index is -0.0744. The van der Waals surface area contributed by atoms with Gasteiger partial charge in [-0.2, -0.15) is 0 Å². The molecule has 0 spiro atoms. The lowest BCUT2D eigenvalue weighted by atomic mass is 9.95. The van der Waals surface area contributed by atoms with Gasteiger partial charge in [0.2, 0.25) is 5.91 Å². The standard InChI is InChI=1S/C23H29N3O2S/c1-16-5-3-6-19(15-16)24-23(28)25-13-10-18(11-14-25)22(27)26-12-4-7-20(26)21-9-8-17(2)29-21/h3,5-6,8-9,15,18,20H,4,7,10-14H2,1-2H3,(H,24,28). The van der Waals surface area contributed by atoms with Crippen molar-refractivity contribution in [3.8, 4) is 0 Å². The number of rotatable bonds is 3. The summed E-state index contributed by atoms with van der Waals surface area (Å²) >= 11 is 1.80. The fourth-order valence-electron chi connectivity index (χ4n) is 4.45. The minimum Gasteiger partial charge on any atom is -0.335 e. The van der Waals surface area contributed by atoms with Crippen LogP contribution in [-0.2, 0) is 4.79 Å². The molecule has 4 rings (SSSR count). The van der Waals surface area contributed by atoms with Gasteiger partial charge in [0, 0.05) is 41.0 Å². The van der Waals surface area contributed by atoms with E-state index in [9.17, 15) is 9.59 Å². The van der Waals surface area contributed by atoms with Crippen LogP contribution in [0.5, 0.6) is 0 Å². The fourth-order valence-corrected chi connectivity index (χ4v) is 5.47. The number of likely N-dealkylation sites (tertiary alicyclic amines) is 2. The molecule has 1 atom stereocenters. The van der Waals surface area contributed by atoms with E-state index < -0.39 is 0 Å². The smallest absolute Gasteiger partial charge is 0.321 e. The molecule has 5 nitrogen and oxygen atoms in total. The number of aryl methyl sites for hydroxylation is 2. The Hall–Kier alpha value is -2.34. The number of piperidine rings is 1. The first-order valence-electron chi connectivity index (χ1n) is 10.5. The maximum absolute atomic E-state index is 13.2. The predicted molar refractivity (Wildman–Crippen MR) is 117 cm³/mol. The molecule has 154 valence electrons. The van der Waals surface area contributed by atoms with Crippen LogP contribution in [0.3, 0.4) is 0 Å². The maximum atomic E-state index is 13.2. The van der Waals surface area contributed by atoms with Crippen molar-refractivity contribution < 1.29 is 9.59 Å². The first-order valence-corrected chi connectivity index (χ1v) is 11.3. The Morgan fingerprint density at radius 2 is 1.83 bits per heavy atom. The lowest BCUT2D eigenvalue weighted by Gasteiger charge is -2.34. The molecular weight excluding hydrogens is 382 g/mol. The van der Waals surface area contributed by atoms with E-state index in [0.29, 0.717) is 13.1 Å². The van der Waals surface area contributed by atoms with Gasteiger partial charge in [-0.05, 0) is 69.4 Å². The van der Waals surface area contributed by atoms with Crippen LogP contribution in [-0.4, -0.2) is 41.4 Å². The number of carbonyl (C=O) groups is 2. The van der Waals surface area contributed by atoms with Gasteiger partial charge in [-0.1, -0.05) is 12.1 Å². The quantitative estimate of drug-likeness (QED) is 0.775. The SMILES string of the molecule is Cc1cccc(NC(=O)N2CCC(C(=O)N3CCCC3c3ccc(C)s3)CC2)c1. The van der Waals surface area contributed by atoms with E-state index in [0.717, 1.165) is 43.5 Å². The second kappa shape index (κ2) is 8.57. The number of thiophene rings is 1. The first kappa shape index (κ1) is 20.0. The van der Waals surface area contributed by atoms with E-state index in [2.05, 4.69) is 29.3 Å². The molecule has 0 aliphatic carbocycles. The third-order valence-corrected chi connectivity index (χ3v) is 7.13. The Bertz CT molecular complexity index is 886. The zero-order valence-corrected chi connectivity index (χ0v) is 18.0. The van der Waals surface area contributed by atoms with Crippen LogP contribution >= 0.6 is 11.3 Å². The highest BCUT2D eigenvalue weighted by Gasteiger charge is 2.36. The summed E-state index contributed by atoms with van der Waals surface area (Å²) in [6.07, 6.45) is 3.62. The van der Waals surface area contributed by atoms with Gasteiger partial charge < -0.3 is 15.1 Å². The number of anilines is 1. The lowest BCUT2D eigenvalue weighted by Crippen LogP contribution is -2.45. The lowest BCUT2D eigenvalue weighted by molar-refractivity contribution is -0.137. The van der Waals surface area contributed by atoms with E-state index >= 15 is 0 Å². The molecule has 6 heteroatoms. The van der Waals surface area contributed by atoms with Gasteiger partial charge >= 0.3 is 6.03 Å². The third kappa shape index (κ3) is 4.47. The highest BCUT2D eigenvalue weighted by Crippen LogP contribution is 2.37. The van der Waals surface area contributed by atoms with Crippen LogP contribution in [0, 0.1) is 19.8 Å². The average Bonchev–Trinajstić information content (AvgIpc) is 3.36. The van der Waals surface area contributed by atoms with Crippen LogP contribution in [0.4, 0.5) is 10.5 Å². The second-order valence-corrected chi connectivity index (χ2v) is 9.52. The van der Waals surface area contributed by atoms with E-state index in [1.54, 1.807) is 11.3 Å². The van der Waals surface area contributed by atoms with Crippen molar-refractivity contribution in [3.05, 3.63) is 51.7 Å². The molecule has 0 radical (unpaired) electrons. The topological polar surface area (TPSA) is 52.7 Å². The van der Waals surface area contributed by atoms with E-state index in [1.807, 2.05) is 36.1 Å². The number of amides is 3. The molecular formula is C23H29N3O2S. The summed E-state index contributed by atoms with van der Waals surface area (Å²) in [6.45, 7) is 6.24. The molecule has 2 fully saturated rings. The Morgan fingerprint density at radius 3 is 2.52 bits per heavy atom. The highest BCUT2D eigenvalue weighted by atomic mass is 32.1. The molecule has 3 heterocycles. The Kier molecular flexibility index (Phi) is 5.90. The molecule has 2 saturated heterocycles. The predicted octanol–water partition coefficient (Wildman–Crippen LogP) is 4.97. The second-order valence-electron chi connectivity index (χ2n) is 8.20. The number of nitrogens with zero attached hydrogens (tertiary/aromatic N) is 2. The van der Waals surface area contributed by atoms with E-state index in [1.165, 1.54) is 9.75 Å². The number of hydrogen-bond acceptors (Lipinski definition) is 3. The Labute approximate surface area is 176 Å². The Balaban J connectivity index is 1.33. The van der Waals surface area contributed by atoms with Crippen molar-refractivity contribution in [1.82, 2.24) is 9.80 Å². The number of benzene rings is 1. The number of hydrogen-bond donors (Lipinski definition) is 1. The number of urea groups is 1. The van der Waals surface area contributed by atoms with Gasteiger partial charge in [-0.25, -0.2) is 4.79 Å². The van der Waals surface area contributed by atoms with Gasteiger partial charge in [0.15, 0.2) is 0 Å². The van der Waals surface area contributed by atoms with Gasteiger partial charge in [-0.15, -0.1) is 11.3 Å². The highest BCUT2D eigenvalue weighted by molar-refractivity contribution is 7.12. The van der Waals surface area contributed by atoms with Crippen LogP contribution in [0.25, 0.3) is 0 Å². The monoisotopic (exact) mass is 411 g/mol. The molecule has 2 aliphatic rings. The maximum Gasteiger partial charge on any atom is 0.321 e. The van der Waals surface area contributed by atoms with Crippen molar-refractivity contribution in [2.45, 2.75) is 45.6 Å². The van der Waals surface area contributed by atoms with Crippen molar-refractivity contribution >= 4 is 29.0 Å². The molecule has 2 aliphatic heterocycles. The first-order chi connectivity index (χ1) is 14.0. The molecule has 1 N–H and O–H groups in total. The van der Waals surface area contributed by atoms with Crippen molar-refractivity contribution in [1.29, 1.82) is 0 Å². The van der Waals surface area contributed by atoms with E-state index in [4.69, 9.17) is 0 Å². The molecule has 29 heavy (non-hydrogen) atoms. The third-order valence-electron chi connectivity index (χ3n) is 6.03. The normalized spacial score (nSPS) is 20.1. The summed E-state index contributed by atoms with van der Waals surface area (Å²) in [6, 6.07) is 12.3. The van der Waals surface area contributed by atoms with Crippen LogP contribution in [0.15, 0.2) is 36.4 Å². The molecule has 0 bridgehead atoms. The van der Waals surface area contributed by atoms with Crippen LogP contribution < -0.4 is 5.32 Å². The number of carbonyl (C=O) groups excluding carboxylic acids is 2. The van der Waals surface area contributed by atoms with Crippen molar-refractivity contribution in [3.63, 3.8) is 0 Å². The van der Waals surface area contributed by atoms with Gasteiger partial charge in [0.1, 0.15) is 0 Å². The van der Waals surface area contributed by atoms with Crippen LogP contribution in [0.2, 0.25) is 0 Å². The van der Waals surface area contributed by atoms with E-state index in [-0.39, 0.29) is 23.9 Å². The molecule has 1 aromatic carbocycles. The van der Waals surface area contributed by atoms with Crippen molar-refractivity contribution in [2.24, 2.45) is 5.92 Å². The fraction of sp³-hybridized carbons (Fsp3) is 0.478. The van der Waals surface area contributed by atoms with Gasteiger partial charge in [0.05, 0.1) is 6.04 Å². The summed E-state index contributed by atoms with van der Waals surface area (Å²) in [7, 11) is 0. The summed E-state index contributed by atoms with van der Waals surface area (Å²) in [5.41, 5.74) is 1.94. The van der Waals surface area contributed by atoms with Gasteiger partial charge in [-0.3, -0.25) is 4.79 Å². The summed E-state index contributed by atoms with van der Waals surface area (Å²) in [5.74, 6) is 0.303. The largest absolute Gasteiger partial charge is 0.335 e. The molecule has 3 amide bonds. The Morgan fingerprint density at radius 1 is 1.03 bits per heavy atom. The van der Waals surface area contributed by atoms with Crippen molar-refractivity contribution in [2.75, 3.05) is 25.0 Å². The summed E-state index contributed by atoms with van der Waals surface area (Å²) in [4.78, 5) is 32.3. The minimum absolute atomic E-state index is 0.0275. The van der Waals surface area contributed by atoms with Crippen LogP contribution in [0.1, 0.15) is 47.0 Å². The average molecular weight is 412 g/mol. The molecule has 0 saturated carbocycles. The zero-order valence-electron chi connectivity index (χ0n) is 17.2. The zero-order chi connectivity index (χ0) is 20.4. The summed E-state index contributed by atoms with van der Waals surface area (Å²) < 4.78 is 0. The number of nitrogens with one attached hydrogen (secondary N) is 1. The molecule has 1 aromatic heterocycles.